The van der Waals surface area contributed by atoms with Crippen LogP contribution in [0.5, 0.6) is 0 Å². The van der Waals surface area contributed by atoms with Gasteiger partial charge in [0.1, 0.15) is 11.0 Å². The molecule has 0 unspecified atom stereocenters. The first-order chi connectivity index (χ1) is 8.15. The number of nitrogens with one attached hydrogen (secondary N) is 2. The van der Waals surface area contributed by atoms with Crippen LogP contribution >= 0.6 is 11.6 Å². The number of anilines is 1. The lowest BCUT2D eigenvalue weighted by molar-refractivity contribution is 0.413. The molecule has 5 heteroatoms. The summed E-state index contributed by atoms with van der Waals surface area (Å²) in [7, 11) is 0. The van der Waals surface area contributed by atoms with Gasteiger partial charge in [-0.3, -0.25) is 0 Å². The van der Waals surface area contributed by atoms with Crippen molar-refractivity contribution in [1.29, 1.82) is 5.41 Å². The molecular weight excluding hydrogens is 236 g/mol. The molecule has 0 aliphatic heterocycles. The number of nitrogens with zero attached hydrogens (tertiary/aromatic N) is 1. The zero-order chi connectivity index (χ0) is 12.3. The van der Waals surface area contributed by atoms with Gasteiger partial charge in [-0.1, -0.05) is 18.0 Å². The summed E-state index contributed by atoms with van der Waals surface area (Å²) in [4.78, 5) is 3.88. The highest BCUT2D eigenvalue weighted by atomic mass is 35.5. The molecule has 1 saturated carbocycles. The van der Waals surface area contributed by atoms with Gasteiger partial charge >= 0.3 is 0 Å². The number of hydrogen-bond acceptors (Lipinski definition) is 4. The predicted molar refractivity (Wildman–Crippen MR) is 70.2 cm³/mol. The van der Waals surface area contributed by atoms with Crippen LogP contribution in [-0.2, 0) is 0 Å². The van der Waals surface area contributed by atoms with Gasteiger partial charge in [0.05, 0.1) is 0 Å². The molecule has 0 bridgehead atoms. The second-order valence-electron chi connectivity index (χ2n) is 4.18. The van der Waals surface area contributed by atoms with E-state index >= 15 is 0 Å². The van der Waals surface area contributed by atoms with Crippen LogP contribution < -0.4 is 11.1 Å². The lowest BCUT2D eigenvalue weighted by atomic mass is 9.81. The standard InChI is InChI=1S/C12H15ClN4/c13-11-6-9(4-5-16-11)17-12(15)7-10(14)8-2-1-3-8/h4-8,14H,1-3,15H2,(H,16,17)/b12-7-,14-10?. The van der Waals surface area contributed by atoms with Gasteiger partial charge in [0.25, 0.3) is 0 Å². The van der Waals surface area contributed by atoms with Crippen LogP contribution in [0.15, 0.2) is 30.2 Å². The summed E-state index contributed by atoms with van der Waals surface area (Å²) in [5, 5.41) is 11.3. The van der Waals surface area contributed by atoms with Gasteiger partial charge in [0.15, 0.2) is 0 Å². The maximum Gasteiger partial charge on any atom is 0.131 e. The molecule has 0 atom stereocenters. The van der Waals surface area contributed by atoms with Crippen molar-refractivity contribution < 1.29 is 0 Å². The predicted octanol–water partition coefficient (Wildman–Crippen LogP) is 2.77. The minimum absolute atomic E-state index is 0.386. The summed E-state index contributed by atoms with van der Waals surface area (Å²) in [6, 6.07) is 3.47. The first-order valence-corrected chi connectivity index (χ1v) is 5.97. The van der Waals surface area contributed by atoms with Crippen molar-refractivity contribution in [3.8, 4) is 0 Å². The number of hydrogen-bond donors (Lipinski definition) is 3. The number of nitrogens with two attached hydrogens (primary N) is 1. The van der Waals surface area contributed by atoms with Crippen molar-refractivity contribution in [1.82, 2.24) is 4.98 Å². The van der Waals surface area contributed by atoms with Crippen molar-refractivity contribution >= 4 is 23.0 Å². The Kier molecular flexibility index (Phi) is 3.64. The summed E-state index contributed by atoms with van der Waals surface area (Å²) in [6.07, 6.45) is 6.70. The maximum absolute atomic E-state index is 7.85. The third-order valence-electron chi connectivity index (χ3n) is 2.87. The smallest absolute Gasteiger partial charge is 0.131 e. The largest absolute Gasteiger partial charge is 0.385 e. The van der Waals surface area contributed by atoms with Gasteiger partial charge in [0.2, 0.25) is 0 Å². The fourth-order valence-corrected chi connectivity index (χ4v) is 1.86. The molecular formula is C12H15ClN4. The molecule has 0 radical (unpaired) electrons. The van der Waals surface area contributed by atoms with Crippen molar-refractivity contribution in [2.45, 2.75) is 19.3 Å². The summed E-state index contributed by atoms with van der Waals surface area (Å²) >= 11 is 5.76. The molecule has 1 aromatic heterocycles. The maximum atomic E-state index is 7.85. The molecule has 0 amide bonds. The number of allylic oxidation sites excluding steroid dienone is 1. The highest BCUT2D eigenvalue weighted by Gasteiger charge is 2.20. The van der Waals surface area contributed by atoms with Gasteiger partial charge in [0, 0.05) is 23.5 Å². The highest BCUT2D eigenvalue weighted by Crippen LogP contribution is 2.27. The molecule has 90 valence electrons. The molecule has 4 N–H and O–H groups in total. The van der Waals surface area contributed by atoms with E-state index in [1.165, 1.54) is 6.42 Å². The first kappa shape index (κ1) is 11.9. The Hall–Kier alpha value is -1.55. The lowest BCUT2D eigenvalue weighted by Gasteiger charge is -2.24. The average molecular weight is 251 g/mol. The van der Waals surface area contributed by atoms with E-state index in [1.54, 1.807) is 24.4 Å². The third kappa shape index (κ3) is 3.20. The van der Waals surface area contributed by atoms with Gasteiger partial charge < -0.3 is 16.5 Å². The Bertz CT molecular complexity index is 452. The molecule has 4 nitrogen and oxygen atoms in total. The fraction of sp³-hybridized carbons (Fsp3) is 0.333. The Morgan fingerprint density at radius 3 is 2.94 bits per heavy atom. The van der Waals surface area contributed by atoms with E-state index in [4.69, 9.17) is 22.7 Å². The zero-order valence-corrected chi connectivity index (χ0v) is 10.2. The summed E-state index contributed by atoms with van der Waals surface area (Å²) in [6.45, 7) is 0. The van der Waals surface area contributed by atoms with Crippen LogP contribution in [0.25, 0.3) is 0 Å². The lowest BCUT2D eigenvalue weighted by Crippen LogP contribution is -2.22. The molecule has 1 aliphatic carbocycles. The summed E-state index contributed by atoms with van der Waals surface area (Å²) in [5.41, 5.74) is 7.20. The van der Waals surface area contributed by atoms with E-state index in [-0.39, 0.29) is 0 Å². The Balaban J connectivity index is 1.98. The van der Waals surface area contributed by atoms with Crippen LogP contribution in [0.2, 0.25) is 5.15 Å². The topological polar surface area (TPSA) is 74.8 Å². The molecule has 1 aliphatic rings. The molecule has 17 heavy (non-hydrogen) atoms. The van der Waals surface area contributed by atoms with Crippen molar-refractivity contribution in [2.24, 2.45) is 11.7 Å². The first-order valence-electron chi connectivity index (χ1n) is 5.59. The van der Waals surface area contributed by atoms with E-state index in [0.717, 1.165) is 18.5 Å². The van der Waals surface area contributed by atoms with Crippen LogP contribution in [0.3, 0.4) is 0 Å². The molecule has 0 spiro atoms. The Labute approximate surface area is 105 Å². The van der Waals surface area contributed by atoms with Crippen molar-refractivity contribution in [2.75, 3.05) is 5.32 Å². The van der Waals surface area contributed by atoms with E-state index < -0.39 is 0 Å². The van der Waals surface area contributed by atoms with E-state index in [9.17, 15) is 0 Å². The van der Waals surface area contributed by atoms with Gasteiger partial charge in [-0.05, 0) is 31.1 Å². The summed E-state index contributed by atoms with van der Waals surface area (Å²) < 4.78 is 0. The van der Waals surface area contributed by atoms with Crippen molar-refractivity contribution in [3.63, 3.8) is 0 Å². The second kappa shape index (κ2) is 5.19. The normalized spacial score (nSPS) is 16.4. The molecule has 1 fully saturated rings. The van der Waals surface area contributed by atoms with E-state index in [1.807, 2.05) is 0 Å². The molecule has 0 aromatic carbocycles. The zero-order valence-electron chi connectivity index (χ0n) is 9.41. The fourth-order valence-electron chi connectivity index (χ4n) is 1.69. The number of halogens is 1. The van der Waals surface area contributed by atoms with Crippen LogP contribution in [0, 0.1) is 11.3 Å². The number of aromatic nitrogens is 1. The Morgan fingerprint density at radius 2 is 2.35 bits per heavy atom. The highest BCUT2D eigenvalue weighted by molar-refractivity contribution is 6.29. The van der Waals surface area contributed by atoms with Gasteiger partial charge in [-0.15, -0.1) is 0 Å². The van der Waals surface area contributed by atoms with E-state index in [0.29, 0.717) is 22.6 Å². The van der Waals surface area contributed by atoms with Crippen LogP contribution in [0.4, 0.5) is 5.69 Å². The van der Waals surface area contributed by atoms with E-state index in [2.05, 4.69) is 10.3 Å². The van der Waals surface area contributed by atoms with Gasteiger partial charge in [-0.25, -0.2) is 4.98 Å². The quantitative estimate of drug-likeness (QED) is 0.568. The Morgan fingerprint density at radius 1 is 1.59 bits per heavy atom. The molecule has 1 heterocycles. The van der Waals surface area contributed by atoms with Gasteiger partial charge in [-0.2, -0.15) is 0 Å². The second-order valence-corrected chi connectivity index (χ2v) is 4.56. The van der Waals surface area contributed by atoms with Crippen molar-refractivity contribution in [3.05, 3.63) is 35.4 Å². The minimum Gasteiger partial charge on any atom is -0.385 e. The molecule has 2 rings (SSSR count). The van der Waals surface area contributed by atoms with Crippen LogP contribution in [0.1, 0.15) is 19.3 Å². The SMILES string of the molecule is N=C(/C=C(/N)Nc1ccnc(Cl)c1)C1CCC1. The molecule has 1 aromatic rings. The third-order valence-corrected chi connectivity index (χ3v) is 3.08. The number of rotatable bonds is 4. The summed E-state index contributed by atoms with van der Waals surface area (Å²) in [5.74, 6) is 0.848. The average Bonchev–Trinajstić information content (AvgIpc) is 2.13. The molecule has 0 saturated heterocycles. The monoisotopic (exact) mass is 250 g/mol. The van der Waals surface area contributed by atoms with Crippen LogP contribution in [-0.4, -0.2) is 10.7 Å². The number of pyridine rings is 1. The minimum atomic E-state index is 0.386.